The normalized spacial score (nSPS) is 11.9. The molecule has 11 aromatic carbocycles. The summed E-state index contributed by atoms with van der Waals surface area (Å²) in [6.07, 6.45) is 0. The minimum absolute atomic E-state index is 0.866. The molecule has 0 bridgehead atoms. The summed E-state index contributed by atoms with van der Waals surface area (Å²) in [4.78, 5) is 4.78. The third-order valence-corrected chi connectivity index (χ3v) is 15.2. The second kappa shape index (κ2) is 15.4. The van der Waals surface area contributed by atoms with Crippen LogP contribution in [-0.2, 0) is 0 Å². The van der Waals surface area contributed by atoms with E-state index in [9.17, 15) is 0 Å². The van der Waals surface area contributed by atoms with Crippen molar-refractivity contribution in [3.63, 3.8) is 0 Å². The lowest BCUT2D eigenvalue weighted by atomic mass is 9.90. The van der Waals surface area contributed by atoms with E-state index < -0.39 is 8.07 Å². The zero-order valence-corrected chi connectivity index (χ0v) is 37.7. The Labute approximate surface area is 380 Å². The number of furan rings is 1. The van der Waals surface area contributed by atoms with E-state index in [-0.39, 0.29) is 0 Å². The summed E-state index contributed by atoms with van der Waals surface area (Å²) in [5.41, 5.74) is 10.7. The van der Waals surface area contributed by atoms with Crippen molar-refractivity contribution in [2.75, 3.05) is 9.80 Å². The minimum Gasteiger partial charge on any atom is -0.456 e. The molecular formula is C61H46N2OSi. The number of nitrogens with zero attached hydrogens (tertiary/aromatic N) is 2. The maximum Gasteiger partial charge on any atom is 0.137 e. The molecule has 0 fully saturated rings. The van der Waals surface area contributed by atoms with Gasteiger partial charge >= 0.3 is 0 Å². The molecule has 12 rings (SSSR count). The van der Waals surface area contributed by atoms with Gasteiger partial charge in [0.2, 0.25) is 0 Å². The first-order chi connectivity index (χ1) is 31.9. The summed E-state index contributed by atoms with van der Waals surface area (Å²) in [5, 5.41) is 13.6. The molecule has 65 heavy (non-hydrogen) atoms. The lowest BCUT2D eigenvalue weighted by Gasteiger charge is -2.28. The van der Waals surface area contributed by atoms with Crippen molar-refractivity contribution in [2.45, 2.75) is 19.6 Å². The van der Waals surface area contributed by atoms with E-state index in [4.69, 9.17) is 4.42 Å². The average Bonchev–Trinajstić information content (AvgIpc) is 3.73. The third-order valence-electron chi connectivity index (χ3n) is 13.2. The molecular weight excluding hydrogens is 805 g/mol. The van der Waals surface area contributed by atoms with E-state index in [1.54, 1.807) is 0 Å². The number of anilines is 6. The zero-order valence-electron chi connectivity index (χ0n) is 36.7. The molecule has 4 heteroatoms. The highest BCUT2D eigenvalue weighted by Gasteiger charge is 2.22. The molecule has 1 aromatic heterocycles. The summed E-state index contributed by atoms with van der Waals surface area (Å²) in [7, 11) is -1.45. The fourth-order valence-corrected chi connectivity index (χ4v) is 11.1. The molecule has 0 aliphatic carbocycles. The Morgan fingerprint density at radius 3 is 1.63 bits per heavy atom. The number of hydrogen-bond acceptors (Lipinski definition) is 3. The fraction of sp³-hybridized carbons (Fsp3) is 0.0492. The van der Waals surface area contributed by atoms with Gasteiger partial charge in [0, 0.05) is 50.8 Å². The first-order valence-corrected chi connectivity index (χ1v) is 26.0. The highest BCUT2D eigenvalue weighted by atomic mass is 28.3. The summed E-state index contributed by atoms with van der Waals surface area (Å²) in [6.45, 7) is 7.21. The van der Waals surface area contributed by atoms with Crippen molar-refractivity contribution in [3.05, 3.63) is 224 Å². The van der Waals surface area contributed by atoms with Gasteiger partial charge in [-0.1, -0.05) is 170 Å². The Kier molecular flexibility index (Phi) is 9.18. The van der Waals surface area contributed by atoms with Crippen LogP contribution in [0, 0.1) is 0 Å². The molecule has 0 saturated heterocycles. The number of fused-ring (bicyclic) bond motifs is 11. The molecule has 0 atom stereocenters. The van der Waals surface area contributed by atoms with Gasteiger partial charge in [-0.25, -0.2) is 0 Å². The lowest BCUT2D eigenvalue weighted by Crippen LogP contribution is -2.37. The third kappa shape index (κ3) is 6.65. The molecule has 0 spiro atoms. The van der Waals surface area contributed by atoms with Gasteiger partial charge in [-0.3, -0.25) is 0 Å². The maximum absolute atomic E-state index is 6.49. The smallest absolute Gasteiger partial charge is 0.137 e. The summed E-state index contributed by atoms with van der Waals surface area (Å²) < 4.78 is 6.49. The lowest BCUT2D eigenvalue weighted by molar-refractivity contribution is 0.669. The second-order valence-corrected chi connectivity index (χ2v) is 23.2. The van der Waals surface area contributed by atoms with E-state index in [0.29, 0.717) is 0 Å². The van der Waals surface area contributed by atoms with E-state index in [1.165, 1.54) is 48.3 Å². The van der Waals surface area contributed by atoms with Crippen LogP contribution >= 0.6 is 0 Å². The van der Waals surface area contributed by atoms with Crippen LogP contribution in [0.5, 0.6) is 0 Å². The second-order valence-electron chi connectivity index (χ2n) is 18.1. The summed E-state index contributed by atoms with van der Waals surface area (Å²) in [5.74, 6) is 0. The number of rotatable bonds is 8. The highest BCUT2D eigenvalue weighted by Crippen LogP contribution is 2.46. The summed E-state index contributed by atoms with van der Waals surface area (Å²) in [6, 6.07) is 81.9. The molecule has 1 heterocycles. The van der Waals surface area contributed by atoms with Gasteiger partial charge in [-0.15, -0.1) is 0 Å². The predicted molar refractivity (Wildman–Crippen MR) is 282 cm³/mol. The van der Waals surface area contributed by atoms with Crippen LogP contribution in [0.1, 0.15) is 0 Å². The summed E-state index contributed by atoms with van der Waals surface area (Å²) >= 11 is 0. The van der Waals surface area contributed by atoms with Crippen LogP contribution in [0.2, 0.25) is 19.6 Å². The van der Waals surface area contributed by atoms with Gasteiger partial charge in [0.25, 0.3) is 0 Å². The van der Waals surface area contributed by atoms with Crippen molar-refractivity contribution in [2.24, 2.45) is 0 Å². The van der Waals surface area contributed by atoms with Crippen LogP contribution in [0.4, 0.5) is 34.1 Å². The Balaban J connectivity index is 1.04. The van der Waals surface area contributed by atoms with Crippen molar-refractivity contribution in [3.8, 4) is 11.1 Å². The van der Waals surface area contributed by atoms with E-state index in [2.05, 4.69) is 242 Å². The Morgan fingerprint density at radius 2 is 0.862 bits per heavy atom. The standard InChI is InChI=1S/C61H46N2OSi/c1-65(2,3)48-32-27-44(28-33-48)62(43-18-8-5-9-19-43)45-29-35-50-42(38-45)26-34-56-52-36-30-46(39-57(52)51-21-10-11-23-55(51)61(50)56)63(58-24-14-12-20-49(58)41-16-6-4-7-17-41)47-31-37-54-53-22-13-15-25-59(53)64-60(54)40-47/h4-40H,1-3H3. The Morgan fingerprint density at radius 1 is 0.338 bits per heavy atom. The van der Waals surface area contributed by atoms with Gasteiger partial charge < -0.3 is 14.2 Å². The van der Waals surface area contributed by atoms with E-state index in [1.807, 2.05) is 12.1 Å². The fourth-order valence-electron chi connectivity index (χ4n) is 9.98. The van der Waals surface area contributed by atoms with Crippen LogP contribution in [0.3, 0.4) is 0 Å². The number of para-hydroxylation sites is 3. The zero-order chi connectivity index (χ0) is 43.6. The van der Waals surface area contributed by atoms with Crippen molar-refractivity contribution in [1.82, 2.24) is 0 Å². The first-order valence-electron chi connectivity index (χ1n) is 22.5. The van der Waals surface area contributed by atoms with Gasteiger partial charge in [-0.2, -0.15) is 0 Å². The SMILES string of the molecule is C[Si](C)(C)c1ccc(N(c2ccccc2)c2ccc3c(ccc4c5ccc(N(c6ccc7c(c6)oc6ccccc67)c6ccccc6-c6ccccc6)cc5c5ccccc5c34)c2)cc1. The van der Waals surface area contributed by atoms with Gasteiger partial charge in [0.05, 0.1) is 13.8 Å². The Bertz CT molecular complexity index is 3740. The van der Waals surface area contributed by atoms with Gasteiger partial charge in [0.15, 0.2) is 0 Å². The largest absolute Gasteiger partial charge is 0.456 e. The molecule has 0 aliphatic heterocycles. The topological polar surface area (TPSA) is 19.6 Å². The molecule has 0 unspecified atom stereocenters. The highest BCUT2D eigenvalue weighted by molar-refractivity contribution is 6.88. The minimum atomic E-state index is -1.45. The molecule has 12 aromatic rings. The molecule has 0 radical (unpaired) electrons. The van der Waals surface area contributed by atoms with Crippen LogP contribution in [0.25, 0.3) is 76.2 Å². The monoisotopic (exact) mass is 850 g/mol. The molecule has 0 N–H and O–H groups in total. The molecule has 0 amide bonds. The van der Waals surface area contributed by atoms with E-state index >= 15 is 0 Å². The van der Waals surface area contributed by atoms with Crippen LogP contribution in [-0.4, -0.2) is 8.07 Å². The van der Waals surface area contributed by atoms with Crippen LogP contribution in [0.15, 0.2) is 229 Å². The van der Waals surface area contributed by atoms with Gasteiger partial charge in [0.1, 0.15) is 11.2 Å². The molecule has 310 valence electrons. The quantitative estimate of drug-likeness (QED) is 0.112. The predicted octanol–water partition coefficient (Wildman–Crippen LogP) is 17.4. The number of benzene rings is 11. The van der Waals surface area contributed by atoms with E-state index in [0.717, 1.165) is 67.2 Å². The van der Waals surface area contributed by atoms with Crippen molar-refractivity contribution >= 4 is 112 Å². The first kappa shape index (κ1) is 38.7. The molecule has 0 saturated carbocycles. The average molecular weight is 851 g/mol. The Hall–Kier alpha value is -7.92. The molecule has 0 aliphatic rings. The van der Waals surface area contributed by atoms with Gasteiger partial charge in [-0.05, 0) is 121 Å². The number of hydrogen-bond donors (Lipinski definition) is 0. The van der Waals surface area contributed by atoms with Crippen LogP contribution < -0.4 is 15.0 Å². The van der Waals surface area contributed by atoms with Crippen molar-refractivity contribution < 1.29 is 4.42 Å². The van der Waals surface area contributed by atoms with Crippen molar-refractivity contribution in [1.29, 1.82) is 0 Å². The maximum atomic E-state index is 6.49. The molecule has 3 nitrogen and oxygen atoms in total.